The van der Waals surface area contributed by atoms with E-state index in [1.54, 1.807) is 0 Å². The minimum Gasteiger partial charge on any atom is -0.444 e. The lowest BCUT2D eigenvalue weighted by atomic mass is 9.78. The highest BCUT2D eigenvalue weighted by Gasteiger charge is 2.36. The van der Waals surface area contributed by atoms with Crippen LogP contribution < -0.4 is 10.6 Å². The van der Waals surface area contributed by atoms with Crippen molar-refractivity contribution in [2.75, 3.05) is 6.54 Å². The second kappa shape index (κ2) is 4.24. The SMILES string of the molecule is CC(C)(C)OC(=O)N[C@@H]1C[C@H]2CC[C@H]1NC2. The first-order chi connectivity index (χ1) is 7.44. The molecule has 0 spiro atoms. The molecular weight excluding hydrogens is 204 g/mol. The molecule has 2 aliphatic heterocycles. The van der Waals surface area contributed by atoms with Crippen LogP contribution in [-0.4, -0.2) is 30.3 Å². The van der Waals surface area contributed by atoms with E-state index in [-0.39, 0.29) is 12.1 Å². The highest BCUT2D eigenvalue weighted by Crippen LogP contribution is 2.29. The third-order valence-corrected chi connectivity index (χ3v) is 3.33. The van der Waals surface area contributed by atoms with E-state index in [0.29, 0.717) is 6.04 Å². The molecule has 2 saturated heterocycles. The van der Waals surface area contributed by atoms with Gasteiger partial charge in [0.1, 0.15) is 5.60 Å². The highest BCUT2D eigenvalue weighted by molar-refractivity contribution is 5.68. The van der Waals surface area contributed by atoms with Gasteiger partial charge >= 0.3 is 6.09 Å². The molecule has 1 amide bonds. The van der Waals surface area contributed by atoms with Crippen LogP contribution in [0.15, 0.2) is 0 Å². The Morgan fingerprint density at radius 2 is 2.12 bits per heavy atom. The van der Waals surface area contributed by atoms with E-state index in [9.17, 15) is 4.79 Å². The molecule has 16 heavy (non-hydrogen) atoms. The van der Waals surface area contributed by atoms with Crippen molar-refractivity contribution in [3.8, 4) is 0 Å². The van der Waals surface area contributed by atoms with Crippen molar-refractivity contribution in [2.24, 2.45) is 5.92 Å². The van der Waals surface area contributed by atoms with Gasteiger partial charge in [-0.1, -0.05) is 0 Å². The van der Waals surface area contributed by atoms with Crippen LogP contribution in [0, 0.1) is 5.92 Å². The fourth-order valence-corrected chi connectivity index (χ4v) is 2.62. The zero-order valence-electron chi connectivity index (χ0n) is 10.4. The van der Waals surface area contributed by atoms with Gasteiger partial charge in [0, 0.05) is 12.1 Å². The van der Waals surface area contributed by atoms with E-state index >= 15 is 0 Å². The molecule has 0 aromatic carbocycles. The Bertz CT molecular complexity index is 265. The zero-order chi connectivity index (χ0) is 11.8. The number of nitrogens with one attached hydrogen (secondary N) is 2. The van der Waals surface area contributed by atoms with Crippen LogP contribution in [0.25, 0.3) is 0 Å². The van der Waals surface area contributed by atoms with Crippen LogP contribution >= 0.6 is 0 Å². The molecule has 3 rings (SSSR count). The molecule has 1 saturated carbocycles. The Morgan fingerprint density at radius 3 is 2.56 bits per heavy atom. The van der Waals surface area contributed by atoms with Gasteiger partial charge in [0.2, 0.25) is 0 Å². The van der Waals surface area contributed by atoms with Gasteiger partial charge in [0.05, 0.1) is 0 Å². The molecule has 2 bridgehead atoms. The summed E-state index contributed by atoms with van der Waals surface area (Å²) in [5.41, 5.74) is -0.412. The van der Waals surface area contributed by atoms with Crippen LogP contribution in [-0.2, 0) is 4.74 Å². The van der Waals surface area contributed by atoms with E-state index in [2.05, 4.69) is 10.6 Å². The van der Waals surface area contributed by atoms with Gasteiger partial charge in [0.25, 0.3) is 0 Å². The molecule has 0 radical (unpaired) electrons. The van der Waals surface area contributed by atoms with E-state index in [0.717, 1.165) is 18.9 Å². The number of fused-ring (bicyclic) bond motifs is 3. The first kappa shape index (κ1) is 11.7. The first-order valence-electron chi connectivity index (χ1n) is 6.17. The lowest BCUT2D eigenvalue weighted by Crippen LogP contribution is -2.59. The van der Waals surface area contributed by atoms with Gasteiger partial charge in [-0.15, -0.1) is 0 Å². The van der Waals surface area contributed by atoms with Crippen LogP contribution in [0.2, 0.25) is 0 Å². The van der Waals surface area contributed by atoms with Crippen LogP contribution in [0.4, 0.5) is 4.79 Å². The van der Waals surface area contributed by atoms with Gasteiger partial charge in [-0.3, -0.25) is 0 Å². The number of ether oxygens (including phenoxy) is 1. The van der Waals surface area contributed by atoms with Crippen LogP contribution in [0.1, 0.15) is 40.0 Å². The summed E-state index contributed by atoms with van der Waals surface area (Å²) >= 11 is 0. The summed E-state index contributed by atoms with van der Waals surface area (Å²) in [7, 11) is 0. The standard InChI is InChI=1S/C12H22N2O2/c1-12(2,3)16-11(15)14-10-6-8-4-5-9(10)13-7-8/h8-10,13H,4-7H2,1-3H3,(H,14,15)/t8-,9-,10-/m1/s1. The second-order valence-corrected chi connectivity index (χ2v) is 5.95. The summed E-state index contributed by atoms with van der Waals surface area (Å²) in [4.78, 5) is 11.6. The molecule has 4 nitrogen and oxygen atoms in total. The molecule has 2 heterocycles. The van der Waals surface area contributed by atoms with Crippen molar-refractivity contribution in [1.29, 1.82) is 0 Å². The second-order valence-electron chi connectivity index (χ2n) is 5.95. The average molecular weight is 226 g/mol. The van der Waals surface area contributed by atoms with E-state index in [4.69, 9.17) is 4.74 Å². The number of carbonyl (C=O) groups is 1. The summed E-state index contributed by atoms with van der Waals surface area (Å²) in [6, 6.07) is 0.694. The number of rotatable bonds is 1. The third-order valence-electron chi connectivity index (χ3n) is 3.33. The molecule has 4 heteroatoms. The predicted molar refractivity (Wildman–Crippen MR) is 62.3 cm³/mol. The van der Waals surface area contributed by atoms with Crippen LogP contribution in [0.3, 0.4) is 0 Å². The highest BCUT2D eigenvalue weighted by atomic mass is 16.6. The predicted octanol–water partition coefficient (Wildman–Crippen LogP) is 1.65. The topological polar surface area (TPSA) is 50.4 Å². The maximum Gasteiger partial charge on any atom is 0.407 e. The van der Waals surface area contributed by atoms with Crippen LogP contribution in [0.5, 0.6) is 0 Å². The number of piperidine rings is 2. The molecule has 2 N–H and O–H groups in total. The zero-order valence-corrected chi connectivity index (χ0v) is 10.4. The maximum atomic E-state index is 11.6. The van der Waals surface area contributed by atoms with Crippen molar-refractivity contribution >= 4 is 6.09 Å². The molecule has 92 valence electrons. The molecule has 0 unspecified atom stereocenters. The number of hydrogen-bond acceptors (Lipinski definition) is 3. The Labute approximate surface area is 97.1 Å². The number of amides is 1. The van der Waals surface area contributed by atoms with Crippen molar-refractivity contribution in [1.82, 2.24) is 10.6 Å². The Hall–Kier alpha value is -0.770. The molecule has 0 aromatic rings. The molecule has 0 aromatic heterocycles. The van der Waals surface area contributed by atoms with E-state index in [1.807, 2.05) is 20.8 Å². The minimum absolute atomic E-state index is 0.252. The summed E-state index contributed by atoms with van der Waals surface area (Å²) in [5.74, 6) is 0.727. The molecule has 3 aliphatic rings. The summed E-state index contributed by atoms with van der Waals surface area (Å²) in [5, 5.41) is 6.45. The van der Waals surface area contributed by atoms with Crippen molar-refractivity contribution in [3.63, 3.8) is 0 Å². The Morgan fingerprint density at radius 1 is 1.38 bits per heavy atom. The first-order valence-corrected chi connectivity index (χ1v) is 6.17. The van der Waals surface area contributed by atoms with Gasteiger partial charge in [-0.2, -0.15) is 0 Å². The molecule has 3 atom stereocenters. The molecular formula is C12H22N2O2. The lowest BCUT2D eigenvalue weighted by Gasteiger charge is -2.43. The molecule has 1 aliphatic carbocycles. The average Bonchev–Trinajstić information content (AvgIpc) is 2.16. The summed E-state index contributed by atoms with van der Waals surface area (Å²) in [6.07, 6.45) is 3.28. The van der Waals surface area contributed by atoms with Gasteiger partial charge in [-0.25, -0.2) is 4.79 Å². The minimum atomic E-state index is -0.412. The summed E-state index contributed by atoms with van der Waals surface area (Å²) in [6.45, 7) is 6.77. The van der Waals surface area contributed by atoms with E-state index in [1.165, 1.54) is 12.8 Å². The number of carbonyl (C=O) groups excluding carboxylic acids is 1. The normalized spacial score (nSPS) is 33.6. The Kier molecular flexibility index (Phi) is 3.10. The molecule has 3 fully saturated rings. The summed E-state index contributed by atoms with van der Waals surface area (Å²) < 4.78 is 5.27. The third kappa shape index (κ3) is 2.88. The fraction of sp³-hybridized carbons (Fsp3) is 0.917. The largest absolute Gasteiger partial charge is 0.444 e. The van der Waals surface area contributed by atoms with Crippen molar-refractivity contribution in [3.05, 3.63) is 0 Å². The lowest BCUT2D eigenvalue weighted by molar-refractivity contribution is 0.0440. The smallest absolute Gasteiger partial charge is 0.407 e. The van der Waals surface area contributed by atoms with Crippen molar-refractivity contribution in [2.45, 2.75) is 57.7 Å². The quantitative estimate of drug-likeness (QED) is 0.715. The van der Waals surface area contributed by atoms with Crippen molar-refractivity contribution < 1.29 is 9.53 Å². The monoisotopic (exact) mass is 226 g/mol. The number of alkyl carbamates (subject to hydrolysis) is 1. The maximum absolute atomic E-state index is 11.6. The number of hydrogen-bond donors (Lipinski definition) is 2. The van der Waals surface area contributed by atoms with Gasteiger partial charge < -0.3 is 15.4 Å². The van der Waals surface area contributed by atoms with E-state index < -0.39 is 5.60 Å². The Balaban J connectivity index is 1.83. The van der Waals surface area contributed by atoms with Gasteiger partial charge in [-0.05, 0) is 52.5 Å². The fourth-order valence-electron chi connectivity index (χ4n) is 2.62. The van der Waals surface area contributed by atoms with Gasteiger partial charge in [0.15, 0.2) is 0 Å².